The van der Waals surface area contributed by atoms with Crippen molar-refractivity contribution in [2.45, 2.75) is 26.9 Å². The molecule has 24 heavy (non-hydrogen) atoms. The fourth-order valence-corrected chi connectivity index (χ4v) is 2.18. The van der Waals surface area contributed by atoms with Crippen molar-refractivity contribution >= 4 is 16.9 Å². The van der Waals surface area contributed by atoms with Gasteiger partial charge < -0.3 is 23.5 Å². The van der Waals surface area contributed by atoms with Gasteiger partial charge in [0.25, 0.3) is 0 Å². The van der Waals surface area contributed by atoms with Gasteiger partial charge in [0.05, 0.1) is 18.1 Å². The SMILES string of the molecule is CCOc1cc(OC(C)C)c2cc(C(=O)OCCN(C)C)oc2c1. The second kappa shape index (κ2) is 8.06. The van der Waals surface area contributed by atoms with Gasteiger partial charge in [0.1, 0.15) is 23.7 Å². The van der Waals surface area contributed by atoms with E-state index in [1.54, 1.807) is 12.1 Å². The van der Waals surface area contributed by atoms with Crippen LogP contribution in [-0.2, 0) is 4.74 Å². The average molecular weight is 335 g/mol. The number of nitrogens with zero attached hydrogens (tertiary/aromatic N) is 1. The number of likely N-dealkylation sites (N-methyl/N-ethyl adjacent to an activating group) is 1. The van der Waals surface area contributed by atoms with Crippen LogP contribution in [0.15, 0.2) is 22.6 Å². The molecule has 0 fully saturated rings. The summed E-state index contributed by atoms with van der Waals surface area (Å²) in [6.07, 6.45) is -0.00419. The summed E-state index contributed by atoms with van der Waals surface area (Å²) < 4.78 is 22.2. The number of esters is 1. The monoisotopic (exact) mass is 335 g/mol. The van der Waals surface area contributed by atoms with E-state index in [-0.39, 0.29) is 11.9 Å². The van der Waals surface area contributed by atoms with Crippen LogP contribution in [0.5, 0.6) is 11.5 Å². The minimum atomic E-state index is -0.485. The summed E-state index contributed by atoms with van der Waals surface area (Å²) in [5, 5.41) is 0.728. The lowest BCUT2D eigenvalue weighted by Gasteiger charge is -2.12. The first kappa shape index (κ1) is 18.1. The predicted molar refractivity (Wildman–Crippen MR) is 92.0 cm³/mol. The largest absolute Gasteiger partial charge is 0.494 e. The molecule has 0 amide bonds. The number of hydrogen-bond donors (Lipinski definition) is 0. The normalized spacial score (nSPS) is 11.3. The Labute approximate surface area is 142 Å². The second-order valence-corrected chi connectivity index (χ2v) is 5.98. The Balaban J connectivity index is 2.28. The highest BCUT2D eigenvalue weighted by Crippen LogP contribution is 2.34. The molecule has 1 heterocycles. The molecule has 132 valence electrons. The molecule has 0 spiro atoms. The number of ether oxygens (including phenoxy) is 3. The molecule has 0 radical (unpaired) electrons. The van der Waals surface area contributed by atoms with Crippen LogP contribution in [0.2, 0.25) is 0 Å². The molecule has 2 rings (SSSR count). The van der Waals surface area contributed by atoms with Crippen LogP contribution in [-0.4, -0.2) is 50.8 Å². The molecular weight excluding hydrogens is 310 g/mol. The highest BCUT2D eigenvalue weighted by atomic mass is 16.5. The van der Waals surface area contributed by atoms with Gasteiger partial charge in [-0.2, -0.15) is 0 Å². The van der Waals surface area contributed by atoms with Gasteiger partial charge in [-0.15, -0.1) is 0 Å². The molecule has 0 N–H and O–H groups in total. The highest BCUT2D eigenvalue weighted by Gasteiger charge is 2.18. The minimum absolute atomic E-state index is 0.00419. The topological polar surface area (TPSA) is 61.1 Å². The molecule has 6 heteroatoms. The zero-order chi connectivity index (χ0) is 17.7. The van der Waals surface area contributed by atoms with Crippen molar-refractivity contribution in [3.8, 4) is 11.5 Å². The van der Waals surface area contributed by atoms with Gasteiger partial charge in [-0.1, -0.05) is 0 Å². The third-order valence-electron chi connectivity index (χ3n) is 3.22. The first-order valence-corrected chi connectivity index (χ1v) is 8.09. The van der Waals surface area contributed by atoms with Crippen molar-refractivity contribution in [3.63, 3.8) is 0 Å². The molecule has 2 aromatic rings. The van der Waals surface area contributed by atoms with E-state index >= 15 is 0 Å². The predicted octanol–water partition coefficient (Wildman–Crippen LogP) is 3.34. The van der Waals surface area contributed by atoms with Crippen molar-refractivity contribution in [2.75, 3.05) is 33.9 Å². The van der Waals surface area contributed by atoms with Crippen LogP contribution in [0.3, 0.4) is 0 Å². The summed E-state index contributed by atoms with van der Waals surface area (Å²) in [6, 6.07) is 5.21. The lowest BCUT2D eigenvalue weighted by Crippen LogP contribution is -2.19. The maximum Gasteiger partial charge on any atom is 0.374 e. The van der Waals surface area contributed by atoms with Gasteiger partial charge in [-0.3, -0.25) is 0 Å². The van der Waals surface area contributed by atoms with E-state index in [2.05, 4.69) is 0 Å². The molecule has 0 atom stereocenters. The number of furan rings is 1. The summed E-state index contributed by atoms with van der Waals surface area (Å²) in [5.41, 5.74) is 0.538. The van der Waals surface area contributed by atoms with Crippen molar-refractivity contribution in [3.05, 3.63) is 24.0 Å². The Bertz CT molecular complexity index is 690. The van der Waals surface area contributed by atoms with Crippen LogP contribution in [0.25, 0.3) is 11.0 Å². The average Bonchev–Trinajstić information content (AvgIpc) is 2.91. The zero-order valence-electron chi connectivity index (χ0n) is 14.9. The quantitative estimate of drug-likeness (QED) is 0.690. The van der Waals surface area contributed by atoms with Crippen LogP contribution in [0.1, 0.15) is 31.3 Å². The summed E-state index contributed by atoms with van der Waals surface area (Å²) in [6.45, 7) is 7.28. The highest BCUT2D eigenvalue weighted by molar-refractivity contribution is 5.95. The molecule has 0 bridgehead atoms. The van der Waals surface area contributed by atoms with E-state index < -0.39 is 5.97 Å². The van der Waals surface area contributed by atoms with Gasteiger partial charge in [0.2, 0.25) is 5.76 Å². The van der Waals surface area contributed by atoms with Crippen molar-refractivity contribution in [1.29, 1.82) is 0 Å². The smallest absolute Gasteiger partial charge is 0.374 e. The molecule has 6 nitrogen and oxygen atoms in total. The van der Waals surface area contributed by atoms with E-state index in [9.17, 15) is 4.79 Å². The van der Waals surface area contributed by atoms with Crippen molar-refractivity contribution in [1.82, 2.24) is 4.90 Å². The summed E-state index contributed by atoms with van der Waals surface area (Å²) in [4.78, 5) is 14.1. The Morgan fingerprint density at radius 3 is 2.62 bits per heavy atom. The van der Waals surface area contributed by atoms with Gasteiger partial charge in [0.15, 0.2) is 0 Å². The number of carbonyl (C=O) groups excluding carboxylic acids is 1. The van der Waals surface area contributed by atoms with E-state index in [0.717, 1.165) is 5.39 Å². The molecule has 1 aromatic carbocycles. The summed E-state index contributed by atoms with van der Waals surface area (Å²) in [5.74, 6) is 0.942. The van der Waals surface area contributed by atoms with Gasteiger partial charge in [-0.05, 0) is 34.9 Å². The number of benzene rings is 1. The molecule has 0 aliphatic heterocycles. The molecule has 1 aromatic heterocycles. The Hall–Kier alpha value is -2.21. The standard InChI is InChI=1S/C18H25NO5/c1-6-21-13-9-15(23-12(2)3)14-11-17(24-16(14)10-13)18(20)22-8-7-19(4)5/h9-12H,6-8H2,1-5H3. The lowest BCUT2D eigenvalue weighted by atomic mass is 10.2. The molecule has 0 saturated carbocycles. The molecule has 0 aliphatic rings. The molecule has 0 unspecified atom stereocenters. The van der Waals surface area contributed by atoms with E-state index in [0.29, 0.717) is 36.8 Å². The van der Waals surface area contributed by atoms with Gasteiger partial charge >= 0.3 is 5.97 Å². The lowest BCUT2D eigenvalue weighted by molar-refractivity contribution is 0.0448. The Kier molecular flexibility index (Phi) is 6.09. The van der Waals surface area contributed by atoms with Crippen LogP contribution >= 0.6 is 0 Å². The third kappa shape index (κ3) is 4.64. The molecule has 0 aliphatic carbocycles. The molecular formula is C18H25NO5. The van der Waals surface area contributed by atoms with Crippen LogP contribution in [0.4, 0.5) is 0 Å². The fourth-order valence-electron chi connectivity index (χ4n) is 2.18. The van der Waals surface area contributed by atoms with Crippen LogP contribution in [0, 0.1) is 0 Å². The summed E-state index contributed by atoms with van der Waals surface area (Å²) >= 11 is 0. The second-order valence-electron chi connectivity index (χ2n) is 5.98. The van der Waals surface area contributed by atoms with Gasteiger partial charge in [0, 0.05) is 24.7 Å². The van der Waals surface area contributed by atoms with E-state index in [4.69, 9.17) is 18.6 Å². The van der Waals surface area contributed by atoms with E-state index in [1.165, 1.54) is 0 Å². The maximum absolute atomic E-state index is 12.1. The number of rotatable bonds is 8. The Morgan fingerprint density at radius 2 is 2.00 bits per heavy atom. The summed E-state index contributed by atoms with van der Waals surface area (Å²) in [7, 11) is 3.83. The van der Waals surface area contributed by atoms with Gasteiger partial charge in [-0.25, -0.2) is 4.79 Å². The number of carbonyl (C=O) groups is 1. The van der Waals surface area contributed by atoms with Crippen molar-refractivity contribution < 1.29 is 23.4 Å². The first-order chi connectivity index (χ1) is 11.4. The number of hydrogen-bond acceptors (Lipinski definition) is 6. The van der Waals surface area contributed by atoms with E-state index in [1.807, 2.05) is 45.8 Å². The maximum atomic E-state index is 12.1. The Morgan fingerprint density at radius 1 is 1.25 bits per heavy atom. The number of fused-ring (bicyclic) bond motifs is 1. The molecule has 0 saturated heterocycles. The first-order valence-electron chi connectivity index (χ1n) is 8.09. The zero-order valence-corrected chi connectivity index (χ0v) is 14.9. The van der Waals surface area contributed by atoms with Crippen LogP contribution < -0.4 is 9.47 Å². The fraction of sp³-hybridized carbons (Fsp3) is 0.500. The minimum Gasteiger partial charge on any atom is -0.494 e. The van der Waals surface area contributed by atoms with Crippen molar-refractivity contribution in [2.24, 2.45) is 0 Å². The third-order valence-corrected chi connectivity index (χ3v) is 3.22.